The van der Waals surface area contributed by atoms with Crippen molar-refractivity contribution in [3.63, 3.8) is 0 Å². The summed E-state index contributed by atoms with van der Waals surface area (Å²) in [4.78, 5) is 11.1. The highest BCUT2D eigenvalue weighted by atomic mass is 19.4. The highest BCUT2D eigenvalue weighted by Gasteiger charge is 2.29. The average molecular weight is 246 g/mol. The van der Waals surface area contributed by atoms with Gasteiger partial charge in [-0.25, -0.2) is 0 Å². The van der Waals surface area contributed by atoms with E-state index >= 15 is 0 Å². The summed E-state index contributed by atoms with van der Waals surface area (Å²) >= 11 is 0. The minimum Gasteiger partial charge on any atom is -0.352 e. The molecule has 1 aromatic rings. The number of alkyl halides is 3. The maximum Gasteiger partial charge on any atom is 0.416 e. The molecule has 6 heteroatoms. The lowest BCUT2D eigenvalue weighted by Crippen LogP contribution is -2.25. The Balaban J connectivity index is 2.54. The van der Waals surface area contributed by atoms with E-state index < -0.39 is 11.7 Å². The molecule has 0 heterocycles. The van der Waals surface area contributed by atoms with Gasteiger partial charge in [-0.2, -0.15) is 13.2 Å². The maximum atomic E-state index is 12.3. The lowest BCUT2D eigenvalue weighted by molar-refractivity contribution is -0.137. The summed E-state index contributed by atoms with van der Waals surface area (Å²) in [6, 6.07) is 4.66. The zero-order valence-corrected chi connectivity index (χ0v) is 9.05. The van der Waals surface area contributed by atoms with Crippen molar-refractivity contribution < 1.29 is 18.0 Å². The SMILES string of the molecule is NCCC(=O)NCc1ccc(C(F)(F)F)cc1. The van der Waals surface area contributed by atoms with Crippen LogP contribution in [-0.2, 0) is 17.5 Å². The molecule has 0 aliphatic heterocycles. The molecule has 1 amide bonds. The Morgan fingerprint density at radius 2 is 1.82 bits per heavy atom. The zero-order chi connectivity index (χ0) is 12.9. The van der Waals surface area contributed by atoms with E-state index in [9.17, 15) is 18.0 Å². The quantitative estimate of drug-likeness (QED) is 0.849. The van der Waals surface area contributed by atoms with Gasteiger partial charge in [0.2, 0.25) is 5.91 Å². The van der Waals surface area contributed by atoms with E-state index in [1.165, 1.54) is 12.1 Å². The molecule has 17 heavy (non-hydrogen) atoms. The van der Waals surface area contributed by atoms with Crippen LogP contribution in [0.3, 0.4) is 0 Å². The van der Waals surface area contributed by atoms with Crippen LogP contribution in [0, 0.1) is 0 Å². The van der Waals surface area contributed by atoms with Crippen molar-refractivity contribution >= 4 is 5.91 Å². The summed E-state index contributed by atoms with van der Waals surface area (Å²) in [7, 11) is 0. The first-order chi connectivity index (χ1) is 7.93. The van der Waals surface area contributed by atoms with Gasteiger partial charge in [-0.3, -0.25) is 4.79 Å². The fourth-order valence-electron chi connectivity index (χ4n) is 1.23. The number of carbonyl (C=O) groups is 1. The molecule has 0 aromatic heterocycles. The summed E-state index contributed by atoms with van der Waals surface area (Å²) in [6.45, 7) is 0.454. The van der Waals surface area contributed by atoms with Crippen LogP contribution in [0.4, 0.5) is 13.2 Å². The van der Waals surface area contributed by atoms with Crippen molar-refractivity contribution in [2.24, 2.45) is 5.73 Å². The summed E-state index contributed by atoms with van der Waals surface area (Å²) < 4.78 is 36.8. The number of halogens is 3. The summed E-state index contributed by atoms with van der Waals surface area (Å²) in [6.07, 6.45) is -4.12. The van der Waals surface area contributed by atoms with Crippen LogP contribution in [-0.4, -0.2) is 12.5 Å². The summed E-state index contributed by atoms with van der Waals surface area (Å²) in [5.74, 6) is -0.215. The molecule has 0 aliphatic rings. The summed E-state index contributed by atoms with van der Waals surface area (Å²) in [5.41, 5.74) is 5.10. The molecule has 94 valence electrons. The van der Waals surface area contributed by atoms with Crippen LogP contribution in [0.15, 0.2) is 24.3 Å². The lowest BCUT2D eigenvalue weighted by Gasteiger charge is -2.08. The summed E-state index contributed by atoms with van der Waals surface area (Å²) in [5, 5.41) is 2.56. The van der Waals surface area contributed by atoms with Gasteiger partial charge in [-0.15, -0.1) is 0 Å². The molecule has 0 saturated carbocycles. The van der Waals surface area contributed by atoms with Crippen LogP contribution in [0.1, 0.15) is 17.5 Å². The van der Waals surface area contributed by atoms with E-state index in [2.05, 4.69) is 5.32 Å². The third-order valence-electron chi connectivity index (χ3n) is 2.14. The molecule has 0 fully saturated rings. The smallest absolute Gasteiger partial charge is 0.352 e. The molecule has 3 N–H and O–H groups in total. The molecule has 1 rings (SSSR count). The minimum atomic E-state index is -4.33. The van der Waals surface area contributed by atoms with Crippen LogP contribution in [0.2, 0.25) is 0 Å². The minimum absolute atomic E-state index is 0.205. The Kier molecular flexibility index (Phi) is 4.51. The first-order valence-corrected chi connectivity index (χ1v) is 5.06. The van der Waals surface area contributed by atoms with Gasteiger partial charge in [0.25, 0.3) is 0 Å². The van der Waals surface area contributed by atoms with E-state index in [1.54, 1.807) is 0 Å². The standard InChI is InChI=1S/C11H13F3N2O/c12-11(13,14)9-3-1-8(2-4-9)7-16-10(17)5-6-15/h1-4H,5-7,15H2,(H,16,17). The van der Waals surface area contributed by atoms with Gasteiger partial charge >= 0.3 is 6.18 Å². The number of hydrogen-bond donors (Lipinski definition) is 2. The topological polar surface area (TPSA) is 55.1 Å². The van der Waals surface area contributed by atoms with Crippen molar-refractivity contribution in [2.75, 3.05) is 6.54 Å². The third-order valence-corrected chi connectivity index (χ3v) is 2.14. The molecular formula is C11H13F3N2O. The van der Waals surface area contributed by atoms with Crippen LogP contribution in [0.5, 0.6) is 0 Å². The van der Waals surface area contributed by atoms with Crippen molar-refractivity contribution in [1.82, 2.24) is 5.32 Å². The fraction of sp³-hybridized carbons (Fsp3) is 0.364. The number of nitrogens with two attached hydrogens (primary N) is 1. The number of amides is 1. The molecule has 3 nitrogen and oxygen atoms in total. The number of nitrogens with one attached hydrogen (secondary N) is 1. The van der Waals surface area contributed by atoms with Gasteiger partial charge in [0.05, 0.1) is 5.56 Å². The molecule has 1 aromatic carbocycles. The van der Waals surface area contributed by atoms with Gasteiger partial charge in [0.15, 0.2) is 0 Å². The zero-order valence-electron chi connectivity index (χ0n) is 9.05. The van der Waals surface area contributed by atoms with Gasteiger partial charge in [0.1, 0.15) is 0 Å². The third kappa shape index (κ3) is 4.44. The number of hydrogen-bond acceptors (Lipinski definition) is 2. The fourth-order valence-corrected chi connectivity index (χ4v) is 1.23. The van der Waals surface area contributed by atoms with Crippen molar-refractivity contribution in [2.45, 2.75) is 19.1 Å². The molecule has 0 bridgehead atoms. The van der Waals surface area contributed by atoms with Crippen molar-refractivity contribution in [3.05, 3.63) is 35.4 Å². The Bertz CT molecular complexity index is 373. The van der Waals surface area contributed by atoms with Crippen LogP contribution >= 0.6 is 0 Å². The van der Waals surface area contributed by atoms with Crippen LogP contribution < -0.4 is 11.1 Å². The maximum absolute atomic E-state index is 12.3. The van der Waals surface area contributed by atoms with E-state index in [-0.39, 0.29) is 25.4 Å². The molecule has 0 radical (unpaired) electrons. The molecule has 0 aliphatic carbocycles. The van der Waals surface area contributed by atoms with Crippen molar-refractivity contribution in [3.8, 4) is 0 Å². The molecule has 0 unspecified atom stereocenters. The Labute approximate surface area is 96.8 Å². The number of benzene rings is 1. The van der Waals surface area contributed by atoms with E-state index in [1.807, 2.05) is 0 Å². The lowest BCUT2D eigenvalue weighted by atomic mass is 10.1. The van der Waals surface area contributed by atoms with Crippen LogP contribution in [0.25, 0.3) is 0 Å². The first-order valence-electron chi connectivity index (χ1n) is 5.06. The average Bonchev–Trinajstić information content (AvgIpc) is 2.26. The highest BCUT2D eigenvalue weighted by molar-refractivity contribution is 5.76. The van der Waals surface area contributed by atoms with E-state index in [0.29, 0.717) is 5.56 Å². The predicted octanol–water partition coefficient (Wildman–Crippen LogP) is 1.67. The molecule has 0 saturated heterocycles. The normalized spacial score (nSPS) is 11.3. The number of rotatable bonds is 4. The number of carbonyl (C=O) groups excluding carboxylic acids is 1. The van der Waals surface area contributed by atoms with E-state index in [4.69, 9.17) is 5.73 Å². The molecule has 0 atom stereocenters. The van der Waals surface area contributed by atoms with Gasteiger partial charge in [-0.05, 0) is 17.7 Å². The monoisotopic (exact) mass is 246 g/mol. The Morgan fingerprint density at radius 3 is 2.29 bits per heavy atom. The second-order valence-electron chi connectivity index (χ2n) is 3.51. The molecular weight excluding hydrogens is 233 g/mol. The van der Waals surface area contributed by atoms with Gasteiger partial charge in [-0.1, -0.05) is 12.1 Å². The predicted molar refractivity (Wildman–Crippen MR) is 57.0 cm³/mol. The van der Waals surface area contributed by atoms with Crippen molar-refractivity contribution in [1.29, 1.82) is 0 Å². The second-order valence-corrected chi connectivity index (χ2v) is 3.51. The van der Waals surface area contributed by atoms with E-state index in [0.717, 1.165) is 12.1 Å². The largest absolute Gasteiger partial charge is 0.416 e. The Hall–Kier alpha value is -1.56. The first kappa shape index (κ1) is 13.5. The highest BCUT2D eigenvalue weighted by Crippen LogP contribution is 2.28. The molecule has 0 spiro atoms. The van der Waals surface area contributed by atoms with Gasteiger partial charge in [0, 0.05) is 19.5 Å². The Morgan fingerprint density at radius 1 is 1.24 bits per heavy atom. The van der Waals surface area contributed by atoms with Gasteiger partial charge < -0.3 is 11.1 Å². The second kappa shape index (κ2) is 5.67.